The van der Waals surface area contributed by atoms with E-state index in [1.165, 1.54) is 99.0 Å². The largest absolute Gasteiger partial charge is 0.310 e. The Morgan fingerprint density at radius 2 is 0.848 bits per heavy atom. The molecule has 0 saturated carbocycles. The maximum atomic E-state index is 2.43. The molecular formula is C64H42N2. The topological polar surface area (TPSA) is 8.17 Å². The second-order valence-corrected chi connectivity index (χ2v) is 17.3. The average Bonchev–Trinajstić information content (AvgIpc) is 3.89. The summed E-state index contributed by atoms with van der Waals surface area (Å²) in [4.78, 5) is 2.43. The normalized spacial score (nSPS) is 11.9. The molecule has 1 aliphatic carbocycles. The molecule has 1 aromatic heterocycles. The minimum atomic E-state index is 1.09. The fourth-order valence-corrected chi connectivity index (χ4v) is 10.5. The minimum Gasteiger partial charge on any atom is -0.310 e. The summed E-state index contributed by atoms with van der Waals surface area (Å²) in [5.74, 6) is 0. The molecule has 308 valence electrons. The van der Waals surface area contributed by atoms with Crippen LogP contribution < -0.4 is 4.90 Å². The van der Waals surface area contributed by atoms with Crippen LogP contribution in [0.5, 0.6) is 0 Å². The molecule has 1 heterocycles. The van der Waals surface area contributed by atoms with Crippen LogP contribution in [-0.4, -0.2) is 4.57 Å². The predicted molar refractivity (Wildman–Crippen MR) is 279 cm³/mol. The minimum absolute atomic E-state index is 1.09. The van der Waals surface area contributed by atoms with Crippen molar-refractivity contribution >= 4 is 71.6 Å². The van der Waals surface area contributed by atoms with Crippen LogP contribution in [0.4, 0.5) is 17.1 Å². The van der Waals surface area contributed by atoms with E-state index < -0.39 is 0 Å². The van der Waals surface area contributed by atoms with E-state index >= 15 is 0 Å². The van der Waals surface area contributed by atoms with Crippen molar-refractivity contribution in [3.8, 4) is 27.9 Å². The molecule has 0 amide bonds. The maximum absolute atomic E-state index is 2.43. The molecule has 0 radical (unpaired) electrons. The lowest BCUT2D eigenvalue weighted by Gasteiger charge is -2.27. The zero-order valence-electron chi connectivity index (χ0n) is 36.1. The number of hydrogen-bond acceptors (Lipinski definition) is 1. The van der Waals surface area contributed by atoms with Crippen molar-refractivity contribution in [3.63, 3.8) is 0 Å². The third-order valence-corrected chi connectivity index (χ3v) is 13.5. The van der Waals surface area contributed by atoms with E-state index in [0.717, 1.165) is 22.7 Å². The average molecular weight is 839 g/mol. The molecule has 0 aliphatic heterocycles. The van der Waals surface area contributed by atoms with Gasteiger partial charge in [-0.25, -0.2) is 0 Å². The first-order valence-electron chi connectivity index (χ1n) is 22.8. The molecule has 11 aromatic carbocycles. The van der Waals surface area contributed by atoms with Crippen LogP contribution in [0.3, 0.4) is 0 Å². The van der Waals surface area contributed by atoms with Crippen molar-refractivity contribution in [2.75, 3.05) is 4.90 Å². The summed E-state index contributed by atoms with van der Waals surface area (Å²) in [6.07, 6.45) is 0. The number of anilines is 3. The Hall–Kier alpha value is -8.72. The van der Waals surface area contributed by atoms with E-state index in [1.807, 2.05) is 0 Å². The van der Waals surface area contributed by atoms with Crippen molar-refractivity contribution < 1.29 is 0 Å². The quantitative estimate of drug-likeness (QED) is 0.145. The number of nitrogens with zero attached hydrogens (tertiary/aromatic N) is 2. The lowest BCUT2D eigenvalue weighted by atomic mass is 9.88. The van der Waals surface area contributed by atoms with E-state index in [9.17, 15) is 0 Å². The second kappa shape index (κ2) is 15.5. The number of hydrogen-bond donors (Lipinski definition) is 0. The molecule has 66 heavy (non-hydrogen) atoms. The molecule has 0 fully saturated rings. The summed E-state index contributed by atoms with van der Waals surface area (Å²) in [6, 6.07) is 93.3. The Labute approximate surface area is 384 Å². The Balaban J connectivity index is 0.987. The molecule has 0 saturated heterocycles. The van der Waals surface area contributed by atoms with Gasteiger partial charge in [0.2, 0.25) is 0 Å². The number of aromatic nitrogens is 1. The van der Waals surface area contributed by atoms with Gasteiger partial charge in [-0.3, -0.25) is 0 Å². The van der Waals surface area contributed by atoms with E-state index in [-0.39, 0.29) is 0 Å². The third kappa shape index (κ3) is 6.18. The zero-order valence-corrected chi connectivity index (χ0v) is 36.1. The van der Waals surface area contributed by atoms with Gasteiger partial charge in [0.05, 0.1) is 11.0 Å². The molecule has 12 aromatic rings. The summed E-state index contributed by atoms with van der Waals surface area (Å²) in [5, 5.41) is 7.47. The highest BCUT2D eigenvalue weighted by Gasteiger charge is 2.29. The second-order valence-electron chi connectivity index (χ2n) is 17.3. The van der Waals surface area contributed by atoms with Crippen molar-refractivity contribution in [1.29, 1.82) is 0 Å². The first-order chi connectivity index (χ1) is 32.7. The molecule has 1 aliphatic rings. The smallest absolute Gasteiger partial charge is 0.0541 e. The van der Waals surface area contributed by atoms with Crippen LogP contribution in [0.25, 0.3) is 82.4 Å². The lowest BCUT2D eigenvalue weighted by molar-refractivity contribution is 1.18. The van der Waals surface area contributed by atoms with Crippen LogP contribution in [0.1, 0.15) is 22.3 Å². The van der Waals surface area contributed by atoms with E-state index in [2.05, 4.69) is 264 Å². The standard InChI is InChI=1S/C64H42N2/c1-4-17-45(18-5-1)63(46-19-6-2-7-20-46)64-58-26-13-12-24-55(58)56-38-36-52(42-60(56)64)65(51-35-37-54-48(40-51)29-28-44-16-10-11-23-53(44)54)50-33-30-43(31-34-50)47-32-39-62-59(41-47)57-25-14-15-27-61(57)66(62)49-21-8-3-9-22-49/h1-42H. The number of benzene rings is 11. The van der Waals surface area contributed by atoms with Gasteiger partial charge in [0.25, 0.3) is 0 Å². The molecular weight excluding hydrogens is 797 g/mol. The van der Waals surface area contributed by atoms with Gasteiger partial charge >= 0.3 is 0 Å². The molecule has 0 bridgehead atoms. The molecule has 0 atom stereocenters. The molecule has 2 nitrogen and oxygen atoms in total. The van der Waals surface area contributed by atoms with Crippen LogP contribution >= 0.6 is 0 Å². The highest BCUT2D eigenvalue weighted by Crippen LogP contribution is 2.51. The van der Waals surface area contributed by atoms with Crippen molar-refractivity contribution in [2.45, 2.75) is 0 Å². The van der Waals surface area contributed by atoms with Gasteiger partial charge in [-0.1, -0.05) is 188 Å². The van der Waals surface area contributed by atoms with Gasteiger partial charge in [0.15, 0.2) is 0 Å². The fraction of sp³-hybridized carbons (Fsp3) is 0. The van der Waals surface area contributed by atoms with Gasteiger partial charge in [0, 0.05) is 33.5 Å². The Morgan fingerprint density at radius 3 is 1.62 bits per heavy atom. The number of para-hydroxylation sites is 2. The molecule has 2 heteroatoms. The first-order valence-corrected chi connectivity index (χ1v) is 22.8. The van der Waals surface area contributed by atoms with Crippen LogP contribution in [-0.2, 0) is 0 Å². The van der Waals surface area contributed by atoms with Crippen molar-refractivity contribution in [2.24, 2.45) is 0 Å². The lowest BCUT2D eigenvalue weighted by Crippen LogP contribution is -2.10. The highest BCUT2D eigenvalue weighted by molar-refractivity contribution is 6.15. The van der Waals surface area contributed by atoms with Crippen molar-refractivity contribution in [3.05, 3.63) is 277 Å². The van der Waals surface area contributed by atoms with E-state index in [1.54, 1.807) is 0 Å². The Kier molecular flexibility index (Phi) is 8.89. The van der Waals surface area contributed by atoms with Crippen LogP contribution in [0, 0.1) is 0 Å². The third-order valence-electron chi connectivity index (χ3n) is 13.5. The number of rotatable bonds is 7. The molecule has 13 rings (SSSR count). The Morgan fingerprint density at radius 1 is 0.303 bits per heavy atom. The Bertz CT molecular complexity index is 3800. The van der Waals surface area contributed by atoms with Crippen LogP contribution in [0.15, 0.2) is 255 Å². The molecule has 0 spiro atoms. The van der Waals surface area contributed by atoms with Crippen LogP contribution in [0.2, 0.25) is 0 Å². The summed E-state index contributed by atoms with van der Waals surface area (Å²) in [6.45, 7) is 0. The van der Waals surface area contributed by atoms with Gasteiger partial charge < -0.3 is 9.47 Å². The molecule has 0 N–H and O–H groups in total. The number of fused-ring (bicyclic) bond motifs is 9. The first kappa shape index (κ1) is 37.8. The van der Waals surface area contributed by atoms with Crippen molar-refractivity contribution in [1.82, 2.24) is 4.57 Å². The maximum Gasteiger partial charge on any atom is 0.0541 e. The molecule has 0 unspecified atom stereocenters. The van der Waals surface area contributed by atoms with E-state index in [4.69, 9.17) is 0 Å². The summed E-state index contributed by atoms with van der Waals surface area (Å²) in [7, 11) is 0. The summed E-state index contributed by atoms with van der Waals surface area (Å²) in [5.41, 5.74) is 19.1. The van der Waals surface area contributed by atoms with E-state index in [0.29, 0.717) is 0 Å². The summed E-state index contributed by atoms with van der Waals surface area (Å²) < 4.78 is 2.38. The van der Waals surface area contributed by atoms with Gasteiger partial charge in [-0.2, -0.15) is 0 Å². The highest BCUT2D eigenvalue weighted by atomic mass is 15.1. The van der Waals surface area contributed by atoms with Gasteiger partial charge in [0.1, 0.15) is 0 Å². The fourth-order valence-electron chi connectivity index (χ4n) is 10.5. The SMILES string of the molecule is c1ccc(C(=C2c3ccccc3-c3ccc(N(c4ccc(-c5ccc6c(c5)c5ccccc5n6-c5ccccc5)cc4)c4ccc5c(ccc6ccccc65)c4)cc32)c2ccccc2)cc1. The zero-order chi connectivity index (χ0) is 43.6. The van der Waals surface area contributed by atoms with Gasteiger partial charge in [-0.15, -0.1) is 0 Å². The van der Waals surface area contributed by atoms with Gasteiger partial charge in [-0.05, 0) is 144 Å². The monoisotopic (exact) mass is 838 g/mol. The predicted octanol–water partition coefficient (Wildman–Crippen LogP) is 17.2. The summed E-state index contributed by atoms with van der Waals surface area (Å²) >= 11 is 0.